The van der Waals surface area contributed by atoms with Gasteiger partial charge in [-0.1, -0.05) is 6.92 Å². The first kappa shape index (κ1) is 11.0. The predicted molar refractivity (Wildman–Crippen MR) is 64.1 cm³/mol. The number of nitrogens with one attached hydrogen (secondary N) is 1. The zero-order valence-corrected chi connectivity index (χ0v) is 10.1. The molecule has 0 bridgehead atoms. The van der Waals surface area contributed by atoms with E-state index in [1.807, 2.05) is 6.20 Å². The fourth-order valence-corrected chi connectivity index (χ4v) is 2.79. The van der Waals surface area contributed by atoms with Crippen LogP contribution in [0.15, 0.2) is 11.6 Å². The molecule has 2 rings (SSSR count). The highest BCUT2D eigenvalue weighted by atomic mass is 32.1. The van der Waals surface area contributed by atoms with Crippen molar-refractivity contribution in [1.29, 1.82) is 0 Å². The Kier molecular flexibility index (Phi) is 4.11. The quantitative estimate of drug-likeness (QED) is 0.845. The minimum atomic E-state index is 0.702. The molecule has 1 aliphatic heterocycles. The molecule has 1 aromatic heterocycles. The first-order valence-corrected chi connectivity index (χ1v) is 6.61. The largest absolute Gasteiger partial charge is 0.315 e. The fraction of sp³-hybridized carbons (Fsp3) is 0.727. The van der Waals surface area contributed by atoms with E-state index in [9.17, 15) is 0 Å². The van der Waals surface area contributed by atoms with Crippen molar-refractivity contribution in [3.05, 3.63) is 16.6 Å². The second-order valence-corrected chi connectivity index (χ2v) is 4.97. The van der Waals surface area contributed by atoms with Crippen molar-refractivity contribution in [2.75, 3.05) is 19.6 Å². The molecule has 2 heterocycles. The van der Waals surface area contributed by atoms with Gasteiger partial charge in [-0.15, -0.1) is 11.3 Å². The molecular formula is C11H19N3S. The summed E-state index contributed by atoms with van der Waals surface area (Å²) in [6.07, 6.45) is 4.53. The molecule has 3 nitrogen and oxygen atoms in total. The van der Waals surface area contributed by atoms with Gasteiger partial charge in [-0.05, 0) is 25.9 Å². The minimum Gasteiger partial charge on any atom is -0.315 e. The number of aromatic nitrogens is 1. The van der Waals surface area contributed by atoms with Crippen molar-refractivity contribution < 1.29 is 0 Å². The lowest BCUT2D eigenvalue weighted by Gasteiger charge is -2.33. The van der Waals surface area contributed by atoms with Crippen LogP contribution in [0.2, 0.25) is 0 Å². The van der Waals surface area contributed by atoms with Crippen molar-refractivity contribution in [2.45, 2.75) is 32.4 Å². The summed E-state index contributed by atoms with van der Waals surface area (Å²) < 4.78 is 0. The Bertz CT molecular complexity index is 267. The number of nitrogens with zero attached hydrogens (tertiary/aromatic N) is 2. The standard InChI is InChI=1S/C11H19N3S/c1-2-14(9-11-13-6-7-15-11)10-4-3-5-12-8-10/h6-7,10,12H,2-5,8-9H2,1H3. The summed E-state index contributed by atoms with van der Waals surface area (Å²) in [5.41, 5.74) is 0. The molecular weight excluding hydrogens is 206 g/mol. The summed E-state index contributed by atoms with van der Waals surface area (Å²) in [4.78, 5) is 6.89. The van der Waals surface area contributed by atoms with Gasteiger partial charge >= 0.3 is 0 Å². The Balaban J connectivity index is 1.91. The topological polar surface area (TPSA) is 28.2 Å². The van der Waals surface area contributed by atoms with Gasteiger partial charge in [0.05, 0.1) is 6.54 Å². The maximum atomic E-state index is 4.36. The summed E-state index contributed by atoms with van der Waals surface area (Å²) in [5.74, 6) is 0. The lowest BCUT2D eigenvalue weighted by atomic mass is 10.1. The van der Waals surface area contributed by atoms with E-state index in [2.05, 4.69) is 27.5 Å². The molecule has 4 heteroatoms. The van der Waals surface area contributed by atoms with Crippen molar-refractivity contribution in [1.82, 2.24) is 15.2 Å². The number of hydrogen-bond donors (Lipinski definition) is 1. The highest BCUT2D eigenvalue weighted by Gasteiger charge is 2.20. The Labute approximate surface area is 95.5 Å². The van der Waals surface area contributed by atoms with E-state index in [1.54, 1.807) is 11.3 Å². The van der Waals surface area contributed by atoms with Crippen molar-refractivity contribution >= 4 is 11.3 Å². The fourth-order valence-electron chi connectivity index (χ4n) is 2.15. The Morgan fingerprint density at radius 1 is 1.67 bits per heavy atom. The molecule has 0 aliphatic carbocycles. The third-order valence-corrected chi connectivity index (χ3v) is 3.78. The molecule has 0 aromatic carbocycles. The second kappa shape index (κ2) is 5.58. The average Bonchev–Trinajstić information content (AvgIpc) is 2.80. The summed E-state index contributed by atoms with van der Waals surface area (Å²) >= 11 is 1.76. The molecule has 1 saturated heterocycles. The molecule has 1 atom stereocenters. The zero-order chi connectivity index (χ0) is 10.5. The third kappa shape index (κ3) is 3.00. The predicted octanol–water partition coefficient (Wildman–Crippen LogP) is 1.72. The Morgan fingerprint density at radius 2 is 2.60 bits per heavy atom. The van der Waals surface area contributed by atoms with Gasteiger partial charge in [0.1, 0.15) is 5.01 Å². The van der Waals surface area contributed by atoms with Gasteiger partial charge in [-0.3, -0.25) is 4.90 Å². The van der Waals surface area contributed by atoms with Crippen LogP contribution in [-0.2, 0) is 6.54 Å². The normalized spacial score (nSPS) is 22.1. The van der Waals surface area contributed by atoms with Crippen molar-refractivity contribution in [3.8, 4) is 0 Å². The summed E-state index contributed by atoms with van der Waals surface area (Å²) in [6.45, 7) is 6.69. The molecule has 1 aliphatic rings. The first-order chi connectivity index (χ1) is 7.40. The van der Waals surface area contributed by atoms with Crippen LogP contribution in [-0.4, -0.2) is 35.6 Å². The molecule has 84 valence electrons. The van der Waals surface area contributed by atoms with E-state index in [0.717, 1.165) is 19.6 Å². The van der Waals surface area contributed by atoms with Gasteiger partial charge < -0.3 is 5.32 Å². The Morgan fingerprint density at radius 3 is 3.20 bits per heavy atom. The van der Waals surface area contributed by atoms with Gasteiger partial charge in [0, 0.05) is 24.2 Å². The van der Waals surface area contributed by atoms with Crippen LogP contribution in [0.4, 0.5) is 0 Å². The van der Waals surface area contributed by atoms with Crippen LogP contribution in [0.3, 0.4) is 0 Å². The van der Waals surface area contributed by atoms with E-state index in [1.165, 1.54) is 24.4 Å². The molecule has 0 saturated carbocycles. The van der Waals surface area contributed by atoms with E-state index < -0.39 is 0 Å². The molecule has 1 fully saturated rings. The lowest BCUT2D eigenvalue weighted by Crippen LogP contribution is -2.45. The SMILES string of the molecule is CCN(Cc1nccs1)C1CCCNC1. The van der Waals surface area contributed by atoms with Crippen LogP contribution in [0.5, 0.6) is 0 Å². The minimum absolute atomic E-state index is 0.702. The highest BCUT2D eigenvalue weighted by molar-refractivity contribution is 7.09. The summed E-state index contributed by atoms with van der Waals surface area (Å²) in [5, 5.41) is 6.77. The number of piperidine rings is 1. The smallest absolute Gasteiger partial charge is 0.107 e. The molecule has 1 unspecified atom stereocenters. The second-order valence-electron chi connectivity index (χ2n) is 3.99. The zero-order valence-electron chi connectivity index (χ0n) is 9.28. The maximum absolute atomic E-state index is 4.36. The third-order valence-electron chi connectivity index (χ3n) is 3.02. The van der Waals surface area contributed by atoms with Gasteiger partial charge in [-0.2, -0.15) is 0 Å². The molecule has 1 N–H and O–H groups in total. The number of thiazole rings is 1. The first-order valence-electron chi connectivity index (χ1n) is 5.73. The van der Waals surface area contributed by atoms with Crippen molar-refractivity contribution in [3.63, 3.8) is 0 Å². The number of likely N-dealkylation sites (N-methyl/N-ethyl adjacent to an activating group) is 1. The van der Waals surface area contributed by atoms with Gasteiger partial charge in [0.15, 0.2) is 0 Å². The summed E-state index contributed by atoms with van der Waals surface area (Å²) in [6, 6.07) is 0.702. The Hall–Kier alpha value is -0.450. The van der Waals surface area contributed by atoms with Gasteiger partial charge in [0.2, 0.25) is 0 Å². The molecule has 0 radical (unpaired) electrons. The van der Waals surface area contributed by atoms with E-state index in [0.29, 0.717) is 6.04 Å². The highest BCUT2D eigenvalue weighted by Crippen LogP contribution is 2.15. The lowest BCUT2D eigenvalue weighted by molar-refractivity contribution is 0.166. The van der Waals surface area contributed by atoms with Crippen LogP contribution in [0, 0.1) is 0 Å². The molecule has 0 amide bonds. The van der Waals surface area contributed by atoms with Crippen LogP contribution in [0.1, 0.15) is 24.8 Å². The molecule has 15 heavy (non-hydrogen) atoms. The number of hydrogen-bond acceptors (Lipinski definition) is 4. The molecule has 1 aromatic rings. The van der Waals surface area contributed by atoms with Crippen LogP contribution >= 0.6 is 11.3 Å². The summed E-state index contributed by atoms with van der Waals surface area (Å²) in [7, 11) is 0. The van der Waals surface area contributed by atoms with E-state index in [-0.39, 0.29) is 0 Å². The van der Waals surface area contributed by atoms with Crippen LogP contribution in [0.25, 0.3) is 0 Å². The van der Waals surface area contributed by atoms with Crippen molar-refractivity contribution in [2.24, 2.45) is 0 Å². The molecule has 0 spiro atoms. The van der Waals surface area contributed by atoms with Crippen LogP contribution < -0.4 is 5.32 Å². The monoisotopic (exact) mass is 225 g/mol. The maximum Gasteiger partial charge on any atom is 0.107 e. The van der Waals surface area contributed by atoms with E-state index >= 15 is 0 Å². The number of rotatable bonds is 4. The van der Waals surface area contributed by atoms with Gasteiger partial charge in [0.25, 0.3) is 0 Å². The van der Waals surface area contributed by atoms with E-state index in [4.69, 9.17) is 0 Å². The average molecular weight is 225 g/mol. The van der Waals surface area contributed by atoms with Gasteiger partial charge in [-0.25, -0.2) is 4.98 Å².